The average molecular weight is 309 g/mol. The molecule has 4 rings (SSSR count). The highest BCUT2D eigenvalue weighted by molar-refractivity contribution is 5.24. The minimum atomic E-state index is -0.452. The highest BCUT2D eigenvalue weighted by Gasteiger charge is 2.38. The van der Waals surface area contributed by atoms with Crippen LogP contribution in [0.3, 0.4) is 0 Å². The third kappa shape index (κ3) is 2.59. The molecule has 1 aliphatic heterocycles. The maximum atomic E-state index is 12.1. The number of rotatable bonds is 2. The lowest BCUT2D eigenvalue weighted by Gasteiger charge is -2.19. The fourth-order valence-corrected chi connectivity index (χ4v) is 3.04. The number of aromatic nitrogens is 2. The zero-order valence-electron chi connectivity index (χ0n) is 12.5. The molecule has 0 spiro atoms. The molecule has 1 N–H and O–H groups in total. The van der Waals surface area contributed by atoms with E-state index in [9.17, 15) is 4.79 Å². The molecule has 2 heterocycles. The molecule has 0 saturated heterocycles. The molecular weight excluding hydrogens is 292 g/mol. The normalized spacial score (nSPS) is 20.7. The molecule has 23 heavy (non-hydrogen) atoms. The molecule has 0 fully saturated rings. The van der Waals surface area contributed by atoms with Crippen LogP contribution in [-0.2, 0) is 11.3 Å². The molecule has 0 bridgehead atoms. The van der Waals surface area contributed by atoms with Crippen LogP contribution in [0.2, 0.25) is 0 Å². The van der Waals surface area contributed by atoms with Crippen molar-refractivity contribution in [2.45, 2.75) is 25.2 Å². The topological polar surface area (TPSA) is 59.1 Å². The maximum absolute atomic E-state index is 12.1. The van der Waals surface area contributed by atoms with Gasteiger partial charge in [-0.3, -0.25) is 4.52 Å². The van der Waals surface area contributed by atoms with Gasteiger partial charge in [-0.15, -0.1) is 0 Å². The Balaban J connectivity index is 1.78. The van der Waals surface area contributed by atoms with E-state index >= 15 is 0 Å². The van der Waals surface area contributed by atoms with E-state index in [0.717, 1.165) is 17.5 Å². The summed E-state index contributed by atoms with van der Waals surface area (Å²) in [6.07, 6.45) is 0.237. The molecule has 2 atom stereocenters. The number of nitrogens with one attached hydrogen (secondary N) is 1. The molecule has 5 heteroatoms. The third-order valence-corrected chi connectivity index (χ3v) is 4.19. The van der Waals surface area contributed by atoms with Crippen LogP contribution in [0.4, 0.5) is 0 Å². The van der Waals surface area contributed by atoms with Crippen molar-refractivity contribution in [3.05, 3.63) is 87.9 Å². The Morgan fingerprint density at radius 2 is 1.61 bits per heavy atom. The summed E-state index contributed by atoms with van der Waals surface area (Å²) in [5.74, 6) is 0. The van der Waals surface area contributed by atoms with Crippen molar-refractivity contribution in [1.82, 2.24) is 5.27 Å². The standard InChI is InChI=1S/C18H16N2O3/c21-18-16-17(14-9-5-2-6-10-14)22-15(11-12-20(16)19-23-18)13-7-3-1-4-8-13/h1-10,15,17H,11-12H2/p+1/t15-,17-/m0/s1. The number of hydrogen-bond acceptors (Lipinski definition) is 3. The maximum Gasteiger partial charge on any atom is 0.433 e. The molecule has 1 aliphatic rings. The largest absolute Gasteiger partial charge is 0.433 e. The van der Waals surface area contributed by atoms with Gasteiger partial charge in [0.15, 0.2) is 12.6 Å². The quantitative estimate of drug-likeness (QED) is 0.740. The van der Waals surface area contributed by atoms with Gasteiger partial charge >= 0.3 is 11.3 Å². The number of fused-ring (bicyclic) bond motifs is 1. The molecule has 5 nitrogen and oxygen atoms in total. The first kappa shape index (κ1) is 14.0. The van der Waals surface area contributed by atoms with Crippen molar-refractivity contribution in [1.29, 1.82) is 0 Å². The number of H-pyrrole nitrogens is 1. The minimum Gasteiger partial charge on any atom is -0.354 e. The van der Waals surface area contributed by atoms with Gasteiger partial charge in [-0.2, -0.15) is 0 Å². The van der Waals surface area contributed by atoms with E-state index in [-0.39, 0.29) is 11.7 Å². The summed E-state index contributed by atoms with van der Waals surface area (Å²) in [4.78, 5) is 12.1. The highest BCUT2D eigenvalue weighted by Crippen LogP contribution is 2.33. The lowest BCUT2D eigenvalue weighted by molar-refractivity contribution is -0.768. The molecule has 0 saturated carbocycles. The van der Waals surface area contributed by atoms with Crippen LogP contribution in [0.5, 0.6) is 0 Å². The van der Waals surface area contributed by atoms with Gasteiger partial charge in [0.1, 0.15) is 0 Å². The number of aromatic amines is 1. The van der Waals surface area contributed by atoms with Crippen molar-refractivity contribution in [2.75, 3.05) is 0 Å². The van der Waals surface area contributed by atoms with Gasteiger partial charge in [0.05, 0.1) is 6.10 Å². The van der Waals surface area contributed by atoms with E-state index in [1.165, 1.54) is 0 Å². The second-order valence-electron chi connectivity index (χ2n) is 5.63. The van der Waals surface area contributed by atoms with Gasteiger partial charge in [0.2, 0.25) is 0 Å². The number of aryl methyl sites for hydroxylation is 1. The molecule has 0 aliphatic carbocycles. The lowest BCUT2D eigenvalue weighted by atomic mass is 10.0. The number of nitrogens with zero attached hydrogens (tertiary/aromatic N) is 1. The molecule has 116 valence electrons. The Hall–Kier alpha value is -2.66. The summed E-state index contributed by atoms with van der Waals surface area (Å²) in [6.45, 7) is 0.643. The summed E-state index contributed by atoms with van der Waals surface area (Å²) in [7, 11) is 0. The molecule has 3 aromatic rings. The fraction of sp³-hybridized carbons (Fsp3) is 0.222. The van der Waals surface area contributed by atoms with Crippen LogP contribution in [-0.4, -0.2) is 5.27 Å². The van der Waals surface area contributed by atoms with Crippen LogP contribution in [0, 0.1) is 0 Å². The second-order valence-corrected chi connectivity index (χ2v) is 5.63. The monoisotopic (exact) mass is 309 g/mol. The van der Waals surface area contributed by atoms with E-state index < -0.39 is 6.10 Å². The number of benzene rings is 2. The van der Waals surface area contributed by atoms with Crippen LogP contribution >= 0.6 is 0 Å². The predicted molar refractivity (Wildman–Crippen MR) is 82.7 cm³/mol. The van der Waals surface area contributed by atoms with Crippen molar-refractivity contribution in [3.63, 3.8) is 0 Å². The van der Waals surface area contributed by atoms with E-state index in [0.29, 0.717) is 12.2 Å². The molecule has 0 radical (unpaired) electrons. The summed E-state index contributed by atoms with van der Waals surface area (Å²) < 4.78 is 13.1. The number of hydrogen-bond donors (Lipinski definition) is 1. The van der Waals surface area contributed by atoms with E-state index in [1.54, 1.807) is 4.68 Å². The summed E-state index contributed by atoms with van der Waals surface area (Å²) in [6, 6.07) is 19.9. The average Bonchev–Trinajstić information content (AvgIpc) is 2.87. The zero-order chi connectivity index (χ0) is 15.6. The van der Waals surface area contributed by atoms with Gasteiger partial charge in [-0.1, -0.05) is 65.3 Å². The van der Waals surface area contributed by atoms with Gasteiger partial charge in [0, 0.05) is 6.42 Å². The highest BCUT2D eigenvalue weighted by atomic mass is 16.5. The third-order valence-electron chi connectivity index (χ3n) is 4.19. The van der Waals surface area contributed by atoms with Gasteiger partial charge in [-0.25, -0.2) is 4.79 Å². The summed E-state index contributed by atoms with van der Waals surface area (Å²) >= 11 is 0. The number of ether oxygens (including phenoxy) is 1. The summed E-state index contributed by atoms with van der Waals surface area (Å²) in [5.41, 5.74) is 2.18. The van der Waals surface area contributed by atoms with Crippen LogP contribution in [0.25, 0.3) is 0 Å². The Kier molecular flexibility index (Phi) is 3.55. The molecule has 2 aromatic carbocycles. The second kappa shape index (κ2) is 5.85. The Labute approximate surface area is 133 Å². The minimum absolute atomic E-state index is 0.0749. The van der Waals surface area contributed by atoms with Gasteiger partial charge < -0.3 is 4.74 Å². The molecule has 1 aromatic heterocycles. The van der Waals surface area contributed by atoms with Gasteiger partial charge in [0.25, 0.3) is 0 Å². The van der Waals surface area contributed by atoms with Crippen molar-refractivity contribution in [2.24, 2.45) is 0 Å². The van der Waals surface area contributed by atoms with Gasteiger partial charge in [-0.05, 0) is 16.4 Å². The van der Waals surface area contributed by atoms with E-state index in [4.69, 9.17) is 9.26 Å². The van der Waals surface area contributed by atoms with E-state index in [1.807, 2.05) is 48.5 Å². The molecular formula is C18H17N2O3+. The SMILES string of the molecule is O=c1o[nH][n+]2c1[C@H](c1ccccc1)O[C@H](c1ccccc1)CC2. The van der Waals surface area contributed by atoms with Crippen molar-refractivity contribution >= 4 is 0 Å². The lowest BCUT2D eigenvalue weighted by Crippen LogP contribution is -2.41. The van der Waals surface area contributed by atoms with E-state index in [2.05, 4.69) is 17.4 Å². The first-order valence-corrected chi connectivity index (χ1v) is 7.69. The molecule has 0 amide bonds. The van der Waals surface area contributed by atoms with Crippen LogP contribution < -0.4 is 10.3 Å². The fourth-order valence-electron chi connectivity index (χ4n) is 3.04. The summed E-state index contributed by atoms with van der Waals surface area (Å²) in [5, 5.41) is 2.69. The van der Waals surface area contributed by atoms with Crippen LogP contribution in [0.15, 0.2) is 70.0 Å². The Morgan fingerprint density at radius 1 is 0.957 bits per heavy atom. The smallest absolute Gasteiger partial charge is 0.354 e. The first-order valence-electron chi connectivity index (χ1n) is 7.69. The van der Waals surface area contributed by atoms with Crippen molar-refractivity contribution < 1.29 is 13.9 Å². The predicted octanol–water partition coefficient (Wildman–Crippen LogP) is 2.51. The van der Waals surface area contributed by atoms with Crippen LogP contribution in [0.1, 0.15) is 35.4 Å². The first-order chi connectivity index (χ1) is 11.3. The Bertz CT molecular complexity index is 839. The zero-order valence-corrected chi connectivity index (χ0v) is 12.5. The van der Waals surface area contributed by atoms with Crippen molar-refractivity contribution in [3.8, 4) is 0 Å². The molecule has 0 unspecified atom stereocenters. The Morgan fingerprint density at radius 3 is 2.30 bits per heavy atom.